The summed E-state index contributed by atoms with van der Waals surface area (Å²) in [5.41, 5.74) is 12.3. The van der Waals surface area contributed by atoms with Crippen molar-refractivity contribution in [3.63, 3.8) is 0 Å². The van der Waals surface area contributed by atoms with Crippen molar-refractivity contribution in [1.82, 2.24) is 4.64 Å². The molecule has 5 aromatic rings. The summed E-state index contributed by atoms with van der Waals surface area (Å²) in [4.78, 5) is 0. The van der Waals surface area contributed by atoms with Crippen LogP contribution in [0, 0.1) is 0 Å². The van der Waals surface area contributed by atoms with Crippen LogP contribution in [-0.4, -0.2) is 10.3 Å². The zero-order valence-corrected chi connectivity index (χ0v) is 21.4. The minimum absolute atomic E-state index is 0.863. The van der Waals surface area contributed by atoms with Gasteiger partial charge in [-0.2, -0.15) is 0 Å². The number of hydrogen-bond donors (Lipinski definition) is 0. The first-order chi connectivity index (χ1) is 18.8. The van der Waals surface area contributed by atoms with Crippen molar-refractivity contribution in [1.29, 1.82) is 0 Å². The molecule has 38 heavy (non-hydrogen) atoms. The van der Waals surface area contributed by atoms with E-state index in [1.54, 1.807) is 0 Å². The molecule has 0 fully saturated rings. The van der Waals surface area contributed by atoms with E-state index in [9.17, 15) is 0 Å². The number of hydrazine groups is 1. The Kier molecular flexibility index (Phi) is 5.57. The first-order valence-electron chi connectivity index (χ1n) is 12.8. The molecule has 5 aromatic carbocycles. The summed E-state index contributed by atoms with van der Waals surface area (Å²) in [6, 6.07) is 46.3. The predicted molar refractivity (Wildman–Crippen MR) is 158 cm³/mol. The number of rotatable bonds is 4. The maximum absolute atomic E-state index is 7.04. The molecule has 1 aliphatic heterocycles. The minimum atomic E-state index is 0.863. The van der Waals surface area contributed by atoms with Gasteiger partial charge in [-0.05, 0) is 46.4 Å². The van der Waals surface area contributed by atoms with Gasteiger partial charge in [0.25, 0.3) is 0 Å². The van der Waals surface area contributed by atoms with Crippen LogP contribution >= 0.6 is 11.8 Å². The van der Waals surface area contributed by atoms with Gasteiger partial charge in [0.05, 0.1) is 23.2 Å². The van der Waals surface area contributed by atoms with Gasteiger partial charge in [-0.15, -0.1) is 9.74 Å². The third-order valence-electron chi connectivity index (χ3n) is 7.25. The normalized spacial score (nSPS) is 14.3. The number of nitrogens with zero attached hydrogens (tertiary/aromatic N) is 3. The predicted octanol–water partition coefficient (Wildman–Crippen LogP) is 8.42. The van der Waals surface area contributed by atoms with Gasteiger partial charge in [-0.1, -0.05) is 121 Å². The molecule has 182 valence electrons. The molecule has 4 heteroatoms. The fraction of sp³-hybridized carbons (Fsp3) is 0.0294. The highest BCUT2D eigenvalue weighted by molar-refractivity contribution is 6.40. The van der Waals surface area contributed by atoms with E-state index in [1.165, 1.54) is 26.9 Å². The van der Waals surface area contributed by atoms with Crippen molar-refractivity contribution in [2.24, 2.45) is 5.10 Å². The SMILES string of the molecule is ClN1N=C(c2cccc3c2Cc2ccccc2-3)C(c2ccccc2)=C(c2ccccc2)N1c1ccccc1. The first-order valence-corrected chi connectivity index (χ1v) is 13.1. The summed E-state index contributed by atoms with van der Waals surface area (Å²) in [6.07, 6.45) is 0.869. The van der Waals surface area contributed by atoms with E-state index in [0.717, 1.165) is 45.8 Å². The molecule has 0 spiro atoms. The van der Waals surface area contributed by atoms with Gasteiger partial charge in [0.2, 0.25) is 0 Å². The van der Waals surface area contributed by atoms with Crippen LogP contribution in [-0.2, 0) is 6.42 Å². The Hall–Kier alpha value is -4.60. The van der Waals surface area contributed by atoms with Gasteiger partial charge in [0.15, 0.2) is 0 Å². The molecular formula is C34H24ClN3. The van der Waals surface area contributed by atoms with Crippen LogP contribution in [0.4, 0.5) is 5.69 Å². The quantitative estimate of drug-likeness (QED) is 0.222. The largest absolute Gasteiger partial charge is 0.221 e. The second-order valence-corrected chi connectivity index (χ2v) is 9.76. The smallest absolute Gasteiger partial charge is 0.104 e. The summed E-state index contributed by atoms with van der Waals surface area (Å²) < 4.78 is 1.46. The number of benzene rings is 5. The highest BCUT2D eigenvalue weighted by Crippen LogP contribution is 2.44. The third-order valence-corrected chi connectivity index (χ3v) is 7.48. The summed E-state index contributed by atoms with van der Waals surface area (Å²) in [5.74, 6) is 0. The molecule has 0 saturated heterocycles. The summed E-state index contributed by atoms with van der Waals surface area (Å²) in [5, 5.41) is 7.05. The maximum atomic E-state index is 7.04. The lowest BCUT2D eigenvalue weighted by Crippen LogP contribution is -2.37. The molecule has 0 aromatic heterocycles. The van der Waals surface area contributed by atoms with Gasteiger partial charge in [-0.3, -0.25) is 0 Å². The molecular weight excluding hydrogens is 486 g/mol. The maximum Gasteiger partial charge on any atom is 0.104 e. The van der Waals surface area contributed by atoms with Gasteiger partial charge in [0.1, 0.15) is 5.71 Å². The minimum Gasteiger partial charge on any atom is -0.221 e. The zero-order chi connectivity index (χ0) is 25.5. The highest BCUT2D eigenvalue weighted by atomic mass is 35.5. The Labute approximate surface area is 227 Å². The van der Waals surface area contributed by atoms with Crippen LogP contribution in [0.1, 0.15) is 27.8 Å². The number of halogens is 1. The number of allylic oxidation sites excluding steroid dienone is 1. The summed E-state index contributed by atoms with van der Waals surface area (Å²) in [7, 11) is 0. The van der Waals surface area contributed by atoms with E-state index >= 15 is 0 Å². The standard InChI is InChI=1S/C34H24ClN3/c35-38-36-33(30-22-12-21-29-28-20-11-10-17-26(28)23-31(29)30)32(24-13-4-1-5-14-24)34(25-15-6-2-7-16-25)37(38)27-18-8-3-9-19-27/h1-22H,23H2. The van der Waals surface area contributed by atoms with Crippen molar-refractivity contribution in [2.75, 3.05) is 5.01 Å². The van der Waals surface area contributed by atoms with E-state index in [0.29, 0.717) is 0 Å². The summed E-state index contributed by atoms with van der Waals surface area (Å²) in [6.45, 7) is 0. The van der Waals surface area contributed by atoms with Crippen LogP contribution < -0.4 is 5.01 Å². The van der Waals surface area contributed by atoms with E-state index in [2.05, 4.69) is 103 Å². The molecule has 0 bridgehead atoms. The van der Waals surface area contributed by atoms with Crippen molar-refractivity contribution in [3.05, 3.63) is 161 Å². The number of fused-ring (bicyclic) bond motifs is 3. The van der Waals surface area contributed by atoms with Crippen molar-refractivity contribution in [3.8, 4) is 11.1 Å². The number of hydrazone groups is 1. The fourth-order valence-corrected chi connectivity index (χ4v) is 5.82. The van der Waals surface area contributed by atoms with Gasteiger partial charge >= 0.3 is 0 Å². The Morgan fingerprint density at radius 3 is 1.87 bits per heavy atom. The summed E-state index contributed by atoms with van der Waals surface area (Å²) >= 11 is 7.04. The van der Waals surface area contributed by atoms with Gasteiger partial charge < -0.3 is 0 Å². The van der Waals surface area contributed by atoms with Crippen molar-refractivity contribution >= 4 is 34.4 Å². The molecule has 7 rings (SSSR count). The van der Waals surface area contributed by atoms with Crippen molar-refractivity contribution < 1.29 is 0 Å². The topological polar surface area (TPSA) is 18.8 Å². The Balaban J connectivity index is 1.53. The molecule has 0 unspecified atom stereocenters. The van der Waals surface area contributed by atoms with E-state index in [-0.39, 0.29) is 0 Å². The zero-order valence-electron chi connectivity index (χ0n) is 20.6. The van der Waals surface area contributed by atoms with Gasteiger partial charge in [0, 0.05) is 16.7 Å². The third kappa shape index (κ3) is 3.71. The second-order valence-electron chi connectivity index (χ2n) is 9.46. The van der Waals surface area contributed by atoms with Crippen LogP contribution in [0.2, 0.25) is 0 Å². The average molecular weight is 510 g/mol. The molecule has 0 saturated carbocycles. The molecule has 1 heterocycles. The molecule has 0 N–H and O–H groups in total. The Morgan fingerprint density at radius 1 is 0.553 bits per heavy atom. The molecule has 1 aliphatic carbocycles. The van der Waals surface area contributed by atoms with E-state index < -0.39 is 0 Å². The molecule has 0 radical (unpaired) electrons. The van der Waals surface area contributed by atoms with E-state index in [4.69, 9.17) is 16.9 Å². The molecule has 2 aliphatic rings. The van der Waals surface area contributed by atoms with Crippen LogP contribution in [0.25, 0.3) is 22.4 Å². The molecule has 0 atom stereocenters. The van der Waals surface area contributed by atoms with E-state index in [1.807, 2.05) is 35.3 Å². The Bertz CT molecular complexity index is 1690. The molecule has 3 nitrogen and oxygen atoms in total. The lowest BCUT2D eigenvalue weighted by atomic mass is 9.87. The van der Waals surface area contributed by atoms with Gasteiger partial charge in [-0.25, -0.2) is 5.01 Å². The van der Waals surface area contributed by atoms with Crippen LogP contribution in [0.15, 0.2) is 139 Å². The average Bonchev–Trinajstić information content (AvgIpc) is 3.37. The van der Waals surface area contributed by atoms with Crippen LogP contribution in [0.5, 0.6) is 0 Å². The lowest BCUT2D eigenvalue weighted by Gasteiger charge is -2.37. The lowest BCUT2D eigenvalue weighted by molar-refractivity contribution is 0.497. The van der Waals surface area contributed by atoms with Crippen molar-refractivity contribution in [2.45, 2.75) is 6.42 Å². The number of para-hydroxylation sites is 1. The fourth-order valence-electron chi connectivity index (χ4n) is 5.58. The number of hydrogen-bond acceptors (Lipinski definition) is 3. The molecule has 0 amide bonds. The highest BCUT2D eigenvalue weighted by Gasteiger charge is 2.34. The first kappa shape index (κ1) is 22.6. The second kappa shape index (κ2) is 9.37. The van der Waals surface area contributed by atoms with Crippen LogP contribution in [0.3, 0.4) is 0 Å². The Morgan fingerprint density at radius 2 is 1.13 bits per heavy atom. The number of anilines is 1. The monoisotopic (exact) mass is 509 g/mol.